The van der Waals surface area contributed by atoms with Gasteiger partial charge < -0.3 is 0 Å². The zero-order valence-electron chi connectivity index (χ0n) is 7.37. The standard InChI is InChI=1S/C10H9FN2S/c11-9-3-1-7(2-4-9)10-8(6-14)5-12-13-10/h1-5,14H,6H2,(H,12,13). The van der Waals surface area contributed by atoms with Gasteiger partial charge in [0, 0.05) is 16.9 Å². The molecule has 0 aliphatic heterocycles. The quantitative estimate of drug-likeness (QED) is 0.730. The number of aromatic amines is 1. The highest BCUT2D eigenvalue weighted by atomic mass is 32.1. The molecule has 14 heavy (non-hydrogen) atoms. The summed E-state index contributed by atoms with van der Waals surface area (Å²) < 4.78 is 12.7. The Morgan fingerprint density at radius 2 is 2.00 bits per heavy atom. The van der Waals surface area contributed by atoms with Gasteiger partial charge in [-0.3, -0.25) is 5.10 Å². The summed E-state index contributed by atoms with van der Waals surface area (Å²) in [6.45, 7) is 0. The van der Waals surface area contributed by atoms with Gasteiger partial charge in [-0.25, -0.2) is 4.39 Å². The molecule has 2 rings (SSSR count). The van der Waals surface area contributed by atoms with Crippen LogP contribution in [0.15, 0.2) is 30.5 Å². The first-order valence-electron chi connectivity index (χ1n) is 4.20. The first kappa shape index (κ1) is 9.27. The summed E-state index contributed by atoms with van der Waals surface area (Å²) >= 11 is 4.18. The molecule has 1 aromatic heterocycles. The Balaban J connectivity index is 2.44. The number of aromatic nitrogens is 2. The lowest BCUT2D eigenvalue weighted by Gasteiger charge is -1.99. The molecule has 0 saturated heterocycles. The lowest BCUT2D eigenvalue weighted by molar-refractivity contribution is 0.628. The van der Waals surface area contributed by atoms with E-state index in [1.165, 1.54) is 12.1 Å². The number of thiol groups is 1. The van der Waals surface area contributed by atoms with Crippen LogP contribution in [-0.4, -0.2) is 10.2 Å². The van der Waals surface area contributed by atoms with Gasteiger partial charge >= 0.3 is 0 Å². The highest BCUT2D eigenvalue weighted by Crippen LogP contribution is 2.22. The number of nitrogens with one attached hydrogen (secondary N) is 1. The molecule has 0 amide bonds. The van der Waals surface area contributed by atoms with E-state index in [2.05, 4.69) is 22.8 Å². The maximum absolute atomic E-state index is 12.7. The van der Waals surface area contributed by atoms with Crippen LogP contribution in [0, 0.1) is 5.82 Å². The molecule has 0 saturated carbocycles. The molecule has 0 radical (unpaired) electrons. The monoisotopic (exact) mass is 208 g/mol. The number of H-pyrrole nitrogens is 1. The van der Waals surface area contributed by atoms with Crippen LogP contribution in [0.3, 0.4) is 0 Å². The van der Waals surface area contributed by atoms with Crippen molar-refractivity contribution in [2.24, 2.45) is 0 Å². The Morgan fingerprint density at radius 1 is 1.29 bits per heavy atom. The van der Waals surface area contributed by atoms with Gasteiger partial charge in [-0.1, -0.05) is 0 Å². The maximum Gasteiger partial charge on any atom is 0.123 e. The maximum atomic E-state index is 12.7. The van der Waals surface area contributed by atoms with Crippen molar-refractivity contribution in [3.05, 3.63) is 41.8 Å². The zero-order chi connectivity index (χ0) is 9.97. The predicted molar refractivity (Wildman–Crippen MR) is 56.7 cm³/mol. The Hall–Kier alpha value is -1.29. The Kier molecular flexibility index (Phi) is 2.54. The molecule has 1 N–H and O–H groups in total. The number of hydrogen-bond donors (Lipinski definition) is 2. The number of rotatable bonds is 2. The van der Waals surface area contributed by atoms with E-state index in [-0.39, 0.29) is 5.82 Å². The highest BCUT2D eigenvalue weighted by molar-refractivity contribution is 7.79. The van der Waals surface area contributed by atoms with E-state index in [4.69, 9.17) is 0 Å². The molecule has 0 atom stereocenters. The second kappa shape index (κ2) is 3.84. The molecule has 0 fully saturated rings. The van der Waals surface area contributed by atoms with E-state index in [0.29, 0.717) is 5.75 Å². The summed E-state index contributed by atoms with van der Waals surface area (Å²) in [5, 5.41) is 6.80. The largest absolute Gasteiger partial charge is 0.278 e. The van der Waals surface area contributed by atoms with Crippen molar-refractivity contribution in [1.82, 2.24) is 10.2 Å². The second-order valence-corrected chi connectivity index (χ2v) is 3.25. The van der Waals surface area contributed by atoms with Gasteiger partial charge in [0.15, 0.2) is 0 Å². The first-order valence-corrected chi connectivity index (χ1v) is 4.83. The molecule has 0 aliphatic carbocycles. The minimum atomic E-state index is -0.235. The number of nitrogens with zero attached hydrogens (tertiary/aromatic N) is 1. The van der Waals surface area contributed by atoms with Crippen LogP contribution >= 0.6 is 12.6 Å². The molecular formula is C10H9FN2S. The summed E-state index contributed by atoms with van der Waals surface area (Å²) in [6.07, 6.45) is 1.73. The number of halogens is 1. The van der Waals surface area contributed by atoms with Gasteiger partial charge in [0.1, 0.15) is 5.82 Å². The molecule has 2 aromatic rings. The van der Waals surface area contributed by atoms with Crippen LogP contribution in [-0.2, 0) is 5.75 Å². The molecule has 0 unspecified atom stereocenters. The van der Waals surface area contributed by atoms with Crippen molar-refractivity contribution in [1.29, 1.82) is 0 Å². The summed E-state index contributed by atoms with van der Waals surface area (Å²) in [5.74, 6) is 0.379. The van der Waals surface area contributed by atoms with Crippen LogP contribution in [0.25, 0.3) is 11.3 Å². The SMILES string of the molecule is Fc1ccc(-c2[nH]ncc2CS)cc1. The van der Waals surface area contributed by atoms with E-state index >= 15 is 0 Å². The van der Waals surface area contributed by atoms with Gasteiger partial charge in [-0.15, -0.1) is 0 Å². The van der Waals surface area contributed by atoms with Crippen molar-refractivity contribution in [3.8, 4) is 11.3 Å². The number of benzene rings is 1. The van der Waals surface area contributed by atoms with Crippen LogP contribution in [0.4, 0.5) is 4.39 Å². The summed E-state index contributed by atoms with van der Waals surface area (Å²) in [5.41, 5.74) is 2.84. The van der Waals surface area contributed by atoms with Crippen LogP contribution in [0.2, 0.25) is 0 Å². The van der Waals surface area contributed by atoms with E-state index in [1.807, 2.05) is 0 Å². The molecule has 0 aliphatic rings. The first-order chi connectivity index (χ1) is 6.81. The van der Waals surface area contributed by atoms with Gasteiger partial charge in [0.2, 0.25) is 0 Å². The smallest absolute Gasteiger partial charge is 0.123 e. The highest BCUT2D eigenvalue weighted by Gasteiger charge is 2.05. The topological polar surface area (TPSA) is 28.7 Å². The third-order valence-electron chi connectivity index (χ3n) is 2.02. The fraction of sp³-hybridized carbons (Fsp3) is 0.100. The average Bonchev–Trinajstić information content (AvgIpc) is 2.67. The third kappa shape index (κ3) is 1.65. The fourth-order valence-electron chi connectivity index (χ4n) is 1.30. The van der Waals surface area contributed by atoms with Crippen molar-refractivity contribution < 1.29 is 4.39 Å². The van der Waals surface area contributed by atoms with Crippen LogP contribution < -0.4 is 0 Å². The Morgan fingerprint density at radius 3 is 2.64 bits per heavy atom. The molecule has 0 spiro atoms. The fourth-order valence-corrected chi connectivity index (χ4v) is 1.54. The molecule has 1 heterocycles. The van der Waals surface area contributed by atoms with E-state index in [1.54, 1.807) is 18.3 Å². The second-order valence-electron chi connectivity index (χ2n) is 2.94. The Bertz CT molecular complexity index is 422. The van der Waals surface area contributed by atoms with E-state index in [0.717, 1.165) is 16.8 Å². The number of hydrogen-bond acceptors (Lipinski definition) is 2. The van der Waals surface area contributed by atoms with Crippen LogP contribution in [0.1, 0.15) is 5.56 Å². The molecule has 0 bridgehead atoms. The lowest BCUT2D eigenvalue weighted by atomic mass is 10.1. The molecule has 2 nitrogen and oxygen atoms in total. The van der Waals surface area contributed by atoms with Crippen molar-refractivity contribution >= 4 is 12.6 Å². The van der Waals surface area contributed by atoms with Crippen LogP contribution in [0.5, 0.6) is 0 Å². The Labute approximate surface area is 86.6 Å². The molecular weight excluding hydrogens is 199 g/mol. The average molecular weight is 208 g/mol. The summed E-state index contributed by atoms with van der Waals surface area (Å²) in [4.78, 5) is 0. The van der Waals surface area contributed by atoms with E-state index < -0.39 is 0 Å². The van der Waals surface area contributed by atoms with Crippen molar-refractivity contribution in [3.63, 3.8) is 0 Å². The molecule has 4 heteroatoms. The van der Waals surface area contributed by atoms with Gasteiger partial charge in [-0.05, 0) is 24.3 Å². The zero-order valence-corrected chi connectivity index (χ0v) is 8.26. The summed E-state index contributed by atoms with van der Waals surface area (Å²) in [7, 11) is 0. The summed E-state index contributed by atoms with van der Waals surface area (Å²) in [6, 6.07) is 6.29. The van der Waals surface area contributed by atoms with Crippen molar-refractivity contribution in [2.75, 3.05) is 0 Å². The third-order valence-corrected chi connectivity index (χ3v) is 2.36. The molecule has 72 valence electrons. The lowest BCUT2D eigenvalue weighted by Crippen LogP contribution is -1.83. The van der Waals surface area contributed by atoms with E-state index in [9.17, 15) is 4.39 Å². The van der Waals surface area contributed by atoms with Gasteiger partial charge in [0.05, 0.1) is 11.9 Å². The minimum Gasteiger partial charge on any atom is -0.278 e. The van der Waals surface area contributed by atoms with Crippen molar-refractivity contribution in [2.45, 2.75) is 5.75 Å². The molecule has 1 aromatic carbocycles. The van der Waals surface area contributed by atoms with Gasteiger partial charge in [0.25, 0.3) is 0 Å². The normalized spacial score (nSPS) is 10.4. The minimum absolute atomic E-state index is 0.235. The van der Waals surface area contributed by atoms with Gasteiger partial charge in [-0.2, -0.15) is 17.7 Å². The predicted octanol–water partition coefficient (Wildman–Crippen LogP) is 2.65.